The number of thiazole rings is 1. The van der Waals surface area contributed by atoms with Crippen molar-refractivity contribution in [3.05, 3.63) is 45.4 Å². The minimum Gasteiger partial charge on any atom is -0.385 e. The number of nitrogens with one attached hydrogen (secondary N) is 2. The first-order valence-electron chi connectivity index (χ1n) is 7.24. The van der Waals surface area contributed by atoms with E-state index in [1.54, 1.807) is 11.3 Å². The molecule has 0 saturated carbocycles. The van der Waals surface area contributed by atoms with Gasteiger partial charge in [-0.3, -0.25) is 4.79 Å². The minimum atomic E-state index is -0.0661. The van der Waals surface area contributed by atoms with E-state index in [0.717, 1.165) is 46.1 Å². The lowest BCUT2D eigenvalue weighted by Gasteiger charge is -2.21. The van der Waals surface area contributed by atoms with Gasteiger partial charge < -0.3 is 10.6 Å². The molecule has 5 heteroatoms. The largest absolute Gasteiger partial charge is 0.385 e. The second-order valence-corrected chi connectivity index (χ2v) is 6.63. The smallest absolute Gasteiger partial charge is 0.252 e. The molecule has 1 unspecified atom stereocenters. The van der Waals surface area contributed by atoms with E-state index in [2.05, 4.69) is 15.6 Å². The molecule has 0 fully saturated rings. The third kappa shape index (κ3) is 2.93. The molecule has 21 heavy (non-hydrogen) atoms. The Morgan fingerprint density at radius 2 is 2.33 bits per heavy atom. The van der Waals surface area contributed by atoms with Crippen LogP contribution in [0.2, 0.25) is 0 Å². The van der Waals surface area contributed by atoms with Crippen molar-refractivity contribution in [3.63, 3.8) is 0 Å². The van der Waals surface area contributed by atoms with Gasteiger partial charge in [-0.15, -0.1) is 11.3 Å². The number of fused-ring (bicyclic) bond motifs is 1. The van der Waals surface area contributed by atoms with Crippen LogP contribution >= 0.6 is 11.3 Å². The van der Waals surface area contributed by atoms with E-state index in [9.17, 15) is 4.79 Å². The molecule has 1 atom stereocenters. The number of aryl methyl sites for hydroxylation is 1. The van der Waals surface area contributed by atoms with Crippen LogP contribution < -0.4 is 10.6 Å². The zero-order valence-electron chi connectivity index (χ0n) is 12.3. The zero-order valence-corrected chi connectivity index (χ0v) is 13.1. The van der Waals surface area contributed by atoms with Crippen LogP contribution in [0.15, 0.2) is 24.4 Å². The Balaban J connectivity index is 1.79. The van der Waals surface area contributed by atoms with Gasteiger partial charge in [0.1, 0.15) is 5.01 Å². The highest BCUT2D eigenvalue weighted by Gasteiger charge is 2.19. The van der Waals surface area contributed by atoms with E-state index in [-0.39, 0.29) is 11.9 Å². The number of anilines is 1. The topological polar surface area (TPSA) is 54.0 Å². The van der Waals surface area contributed by atoms with Gasteiger partial charge in [-0.25, -0.2) is 4.98 Å². The molecule has 0 aliphatic carbocycles. The van der Waals surface area contributed by atoms with Crippen molar-refractivity contribution in [3.8, 4) is 0 Å². The summed E-state index contributed by atoms with van der Waals surface area (Å²) in [7, 11) is 0. The first kappa shape index (κ1) is 14.1. The van der Waals surface area contributed by atoms with Crippen molar-refractivity contribution < 1.29 is 4.79 Å². The number of nitrogens with zero attached hydrogens (tertiary/aromatic N) is 1. The number of benzene rings is 1. The fourth-order valence-corrected chi connectivity index (χ4v) is 3.41. The van der Waals surface area contributed by atoms with E-state index in [0.29, 0.717) is 0 Å². The van der Waals surface area contributed by atoms with Gasteiger partial charge in [-0.1, -0.05) is 6.07 Å². The van der Waals surface area contributed by atoms with Crippen LogP contribution in [0.5, 0.6) is 0 Å². The lowest BCUT2D eigenvalue weighted by Crippen LogP contribution is -2.28. The normalized spacial score (nSPS) is 15.0. The highest BCUT2D eigenvalue weighted by Crippen LogP contribution is 2.26. The molecule has 2 aromatic rings. The maximum absolute atomic E-state index is 12.5. The quantitative estimate of drug-likeness (QED) is 0.914. The summed E-state index contributed by atoms with van der Waals surface area (Å²) in [6.45, 7) is 4.98. The summed E-state index contributed by atoms with van der Waals surface area (Å²) in [5, 5.41) is 7.36. The van der Waals surface area contributed by atoms with Crippen molar-refractivity contribution in [2.75, 3.05) is 11.9 Å². The van der Waals surface area contributed by atoms with Crippen LogP contribution in [0.3, 0.4) is 0 Å². The monoisotopic (exact) mass is 301 g/mol. The van der Waals surface area contributed by atoms with Crippen molar-refractivity contribution in [2.45, 2.75) is 32.7 Å². The average molecular weight is 301 g/mol. The SMILES string of the molecule is Cc1cnc(C(C)NC(=O)c2cccc3c2CCCN3)s1. The molecule has 0 radical (unpaired) electrons. The number of hydrogen-bond donors (Lipinski definition) is 2. The summed E-state index contributed by atoms with van der Waals surface area (Å²) in [6, 6.07) is 5.81. The summed E-state index contributed by atoms with van der Waals surface area (Å²) in [6.07, 6.45) is 3.87. The second kappa shape index (κ2) is 5.85. The fraction of sp³-hybridized carbons (Fsp3) is 0.375. The van der Waals surface area contributed by atoms with Gasteiger partial charge in [0.15, 0.2) is 0 Å². The van der Waals surface area contributed by atoms with Crippen LogP contribution in [-0.2, 0) is 6.42 Å². The molecule has 110 valence electrons. The number of aromatic nitrogens is 1. The van der Waals surface area contributed by atoms with Crippen molar-refractivity contribution >= 4 is 22.9 Å². The van der Waals surface area contributed by atoms with E-state index in [4.69, 9.17) is 0 Å². The molecule has 3 rings (SSSR count). The van der Waals surface area contributed by atoms with Gasteiger partial charge in [0.2, 0.25) is 0 Å². The summed E-state index contributed by atoms with van der Waals surface area (Å²) in [5.41, 5.74) is 3.00. The highest BCUT2D eigenvalue weighted by atomic mass is 32.1. The van der Waals surface area contributed by atoms with Crippen molar-refractivity contribution in [1.82, 2.24) is 10.3 Å². The van der Waals surface area contributed by atoms with E-state index in [1.807, 2.05) is 38.2 Å². The zero-order chi connectivity index (χ0) is 14.8. The van der Waals surface area contributed by atoms with E-state index in [1.165, 1.54) is 0 Å². The van der Waals surface area contributed by atoms with Gasteiger partial charge >= 0.3 is 0 Å². The molecule has 2 heterocycles. The molecule has 2 N–H and O–H groups in total. The first-order valence-corrected chi connectivity index (χ1v) is 8.06. The maximum Gasteiger partial charge on any atom is 0.252 e. The molecule has 0 bridgehead atoms. The maximum atomic E-state index is 12.5. The highest BCUT2D eigenvalue weighted by molar-refractivity contribution is 7.11. The van der Waals surface area contributed by atoms with Crippen LogP contribution in [0.25, 0.3) is 0 Å². The van der Waals surface area contributed by atoms with E-state index < -0.39 is 0 Å². The Kier molecular flexibility index (Phi) is 3.92. The van der Waals surface area contributed by atoms with Crippen LogP contribution in [-0.4, -0.2) is 17.4 Å². The fourth-order valence-electron chi connectivity index (χ4n) is 2.63. The summed E-state index contributed by atoms with van der Waals surface area (Å²) in [5.74, 6) is -0.0177. The number of rotatable bonds is 3. The minimum absolute atomic E-state index is 0.0177. The number of hydrogen-bond acceptors (Lipinski definition) is 4. The molecule has 4 nitrogen and oxygen atoms in total. The molecular weight excluding hydrogens is 282 g/mol. The van der Waals surface area contributed by atoms with Gasteiger partial charge in [0.25, 0.3) is 5.91 Å². The predicted octanol–water partition coefficient (Wildman–Crippen LogP) is 3.30. The van der Waals surface area contributed by atoms with Crippen LogP contribution in [0, 0.1) is 6.92 Å². The molecular formula is C16H19N3OS. The van der Waals surface area contributed by atoms with Crippen LogP contribution in [0.4, 0.5) is 5.69 Å². The summed E-state index contributed by atoms with van der Waals surface area (Å²) < 4.78 is 0. The third-order valence-corrected chi connectivity index (χ3v) is 4.79. The number of carbonyl (C=O) groups is 1. The van der Waals surface area contributed by atoms with Crippen molar-refractivity contribution in [1.29, 1.82) is 0 Å². The van der Waals surface area contributed by atoms with Gasteiger partial charge in [0.05, 0.1) is 6.04 Å². The van der Waals surface area contributed by atoms with Gasteiger partial charge in [-0.2, -0.15) is 0 Å². The summed E-state index contributed by atoms with van der Waals surface area (Å²) >= 11 is 1.62. The van der Waals surface area contributed by atoms with Crippen molar-refractivity contribution in [2.24, 2.45) is 0 Å². The molecule has 0 saturated heterocycles. The Labute approximate surface area is 128 Å². The number of carbonyl (C=O) groups excluding carboxylic acids is 1. The van der Waals surface area contributed by atoms with Crippen LogP contribution in [0.1, 0.15) is 45.2 Å². The molecule has 0 spiro atoms. The lowest BCUT2D eigenvalue weighted by atomic mass is 9.97. The Bertz CT molecular complexity index is 665. The Morgan fingerprint density at radius 1 is 1.48 bits per heavy atom. The van der Waals surface area contributed by atoms with E-state index >= 15 is 0 Å². The number of amides is 1. The third-order valence-electron chi connectivity index (χ3n) is 3.70. The molecule has 1 aliphatic heterocycles. The summed E-state index contributed by atoms with van der Waals surface area (Å²) in [4.78, 5) is 18.0. The first-order chi connectivity index (χ1) is 10.1. The second-order valence-electron chi connectivity index (χ2n) is 5.37. The van der Waals surface area contributed by atoms with Gasteiger partial charge in [0, 0.05) is 28.9 Å². The Morgan fingerprint density at radius 3 is 3.10 bits per heavy atom. The predicted molar refractivity (Wildman–Crippen MR) is 86.0 cm³/mol. The Hall–Kier alpha value is -1.88. The standard InChI is InChI=1S/C16H19N3OS/c1-10-9-18-16(21-10)11(2)19-15(20)13-5-3-7-14-12(13)6-4-8-17-14/h3,5,7,9,11,17H,4,6,8H2,1-2H3,(H,19,20). The molecule has 1 aromatic heterocycles. The van der Waals surface area contributed by atoms with Gasteiger partial charge in [-0.05, 0) is 44.4 Å². The molecule has 1 aliphatic rings. The molecule has 1 aromatic carbocycles. The molecule has 1 amide bonds. The lowest BCUT2D eigenvalue weighted by molar-refractivity contribution is 0.0939. The average Bonchev–Trinajstić information content (AvgIpc) is 2.93.